The summed E-state index contributed by atoms with van der Waals surface area (Å²) in [6, 6.07) is 14.2. The molecule has 1 N–H and O–H groups in total. The maximum atomic E-state index is 13.2. The fourth-order valence-corrected chi connectivity index (χ4v) is 4.00. The lowest BCUT2D eigenvalue weighted by molar-refractivity contribution is -0.140. The van der Waals surface area contributed by atoms with E-state index in [0.29, 0.717) is 40.7 Å². The van der Waals surface area contributed by atoms with Gasteiger partial charge in [-0.1, -0.05) is 18.7 Å². The minimum atomic E-state index is -0.878. The van der Waals surface area contributed by atoms with Gasteiger partial charge in [0.25, 0.3) is 11.7 Å². The maximum Gasteiger partial charge on any atom is 0.296 e. The molecule has 35 heavy (non-hydrogen) atoms. The van der Waals surface area contributed by atoms with Crippen molar-refractivity contribution in [2.24, 2.45) is 0 Å². The predicted octanol–water partition coefficient (Wildman–Crippen LogP) is 4.48. The average Bonchev–Trinajstić information content (AvgIpc) is 3.49. The van der Waals surface area contributed by atoms with Gasteiger partial charge in [0.2, 0.25) is 0 Å². The SMILES string of the molecule is C=CCOc1ccc(/C(O)=C2\C(=O)C(=O)N(Cc3ccco3)C2c2ccc(OC)c(OC)c2)cc1. The molecule has 3 aromatic rings. The topological polar surface area (TPSA) is 98.4 Å². The maximum absolute atomic E-state index is 13.2. The fraction of sp³-hybridized carbons (Fsp3) is 0.185. The van der Waals surface area contributed by atoms with Crippen molar-refractivity contribution in [3.8, 4) is 17.2 Å². The van der Waals surface area contributed by atoms with Crippen molar-refractivity contribution in [2.75, 3.05) is 20.8 Å². The minimum absolute atomic E-state index is 0.0338. The molecule has 1 fully saturated rings. The van der Waals surface area contributed by atoms with E-state index in [1.165, 1.54) is 25.4 Å². The van der Waals surface area contributed by atoms with E-state index in [1.807, 2.05) is 0 Å². The Bertz CT molecular complexity index is 1260. The molecule has 1 unspecified atom stereocenters. The molecular formula is C27H25NO7. The van der Waals surface area contributed by atoms with E-state index in [0.717, 1.165) is 0 Å². The zero-order valence-corrected chi connectivity index (χ0v) is 19.4. The Hall–Kier alpha value is -4.46. The summed E-state index contributed by atoms with van der Waals surface area (Å²) in [6.07, 6.45) is 3.12. The van der Waals surface area contributed by atoms with E-state index in [9.17, 15) is 14.7 Å². The number of Topliss-reactive ketones (excluding diaryl/α,β-unsaturated/α-hetero) is 1. The largest absolute Gasteiger partial charge is 0.507 e. The molecule has 1 atom stereocenters. The Morgan fingerprint density at radius 3 is 2.46 bits per heavy atom. The lowest BCUT2D eigenvalue weighted by atomic mass is 9.95. The summed E-state index contributed by atoms with van der Waals surface area (Å²) in [5.41, 5.74) is 0.909. The van der Waals surface area contributed by atoms with E-state index in [4.69, 9.17) is 18.6 Å². The Labute approximate surface area is 202 Å². The molecule has 1 aliphatic heterocycles. The highest BCUT2D eigenvalue weighted by atomic mass is 16.5. The molecule has 8 nitrogen and oxygen atoms in total. The lowest BCUT2D eigenvalue weighted by Crippen LogP contribution is -2.29. The summed E-state index contributed by atoms with van der Waals surface area (Å²) in [6.45, 7) is 3.99. The number of nitrogens with zero attached hydrogens (tertiary/aromatic N) is 1. The first-order valence-corrected chi connectivity index (χ1v) is 10.8. The third-order valence-corrected chi connectivity index (χ3v) is 5.67. The quantitative estimate of drug-likeness (QED) is 0.211. The van der Waals surface area contributed by atoms with Gasteiger partial charge in [0, 0.05) is 5.56 Å². The number of likely N-dealkylation sites (tertiary alicyclic amines) is 1. The van der Waals surface area contributed by atoms with Crippen LogP contribution in [0.15, 0.2) is 83.5 Å². The summed E-state index contributed by atoms with van der Waals surface area (Å²) >= 11 is 0. The number of furan rings is 1. The third-order valence-electron chi connectivity index (χ3n) is 5.67. The van der Waals surface area contributed by atoms with Crippen LogP contribution < -0.4 is 14.2 Å². The van der Waals surface area contributed by atoms with Gasteiger partial charge < -0.3 is 28.6 Å². The number of amides is 1. The normalized spacial score (nSPS) is 16.9. The Balaban J connectivity index is 1.82. The number of carbonyl (C=O) groups excluding carboxylic acids is 2. The standard InChI is InChI=1S/C27H25NO7/c1-4-13-34-19-10-7-17(8-11-19)25(29)23-24(18-9-12-21(32-2)22(15-18)33-3)28(27(31)26(23)30)16-20-6-5-14-35-20/h4-12,14-15,24,29H,1,13,16H2,2-3H3/b25-23+. The molecule has 0 bridgehead atoms. The van der Waals surface area contributed by atoms with Crippen LogP contribution in [-0.4, -0.2) is 42.5 Å². The number of carbonyl (C=O) groups is 2. The van der Waals surface area contributed by atoms with Gasteiger partial charge in [0.1, 0.15) is 23.9 Å². The summed E-state index contributed by atoms with van der Waals surface area (Å²) in [4.78, 5) is 27.7. The molecule has 0 saturated carbocycles. The minimum Gasteiger partial charge on any atom is -0.507 e. The molecule has 2 aromatic carbocycles. The molecule has 1 aliphatic rings. The lowest BCUT2D eigenvalue weighted by Gasteiger charge is -2.25. The number of ether oxygens (including phenoxy) is 3. The number of aliphatic hydroxyl groups excluding tert-OH is 1. The third kappa shape index (κ3) is 4.63. The molecule has 0 spiro atoms. The van der Waals surface area contributed by atoms with Crippen LogP contribution in [0.25, 0.3) is 5.76 Å². The second-order valence-electron chi connectivity index (χ2n) is 7.74. The van der Waals surface area contributed by atoms with Crippen molar-refractivity contribution in [1.82, 2.24) is 4.90 Å². The number of ketones is 1. The van der Waals surface area contributed by atoms with Crippen molar-refractivity contribution in [2.45, 2.75) is 12.6 Å². The summed E-state index contributed by atoms with van der Waals surface area (Å²) in [5.74, 6) is 0.179. The van der Waals surface area contributed by atoms with Crippen LogP contribution >= 0.6 is 0 Å². The smallest absolute Gasteiger partial charge is 0.296 e. The molecule has 8 heteroatoms. The number of hydrogen-bond donors (Lipinski definition) is 1. The van der Waals surface area contributed by atoms with Crippen LogP contribution in [0.4, 0.5) is 0 Å². The Morgan fingerprint density at radius 1 is 1.09 bits per heavy atom. The summed E-state index contributed by atoms with van der Waals surface area (Å²) in [7, 11) is 3.01. The van der Waals surface area contributed by atoms with Gasteiger partial charge in [0.15, 0.2) is 11.5 Å². The highest BCUT2D eigenvalue weighted by molar-refractivity contribution is 6.46. The van der Waals surface area contributed by atoms with Crippen molar-refractivity contribution in [3.05, 3.63) is 96.0 Å². The van der Waals surface area contributed by atoms with Gasteiger partial charge in [0.05, 0.1) is 38.6 Å². The molecule has 1 saturated heterocycles. The summed E-state index contributed by atoms with van der Waals surface area (Å²) in [5, 5.41) is 11.2. The van der Waals surface area contributed by atoms with E-state index in [-0.39, 0.29) is 17.9 Å². The van der Waals surface area contributed by atoms with Crippen molar-refractivity contribution < 1.29 is 33.3 Å². The van der Waals surface area contributed by atoms with Crippen molar-refractivity contribution in [1.29, 1.82) is 0 Å². The van der Waals surface area contributed by atoms with E-state index < -0.39 is 17.7 Å². The zero-order valence-electron chi connectivity index (χ0n) is 19.4. The van der Waals surface area contributed by atoms with Gasteiger partial charge in [-0.15, -0.1) is 0 Å². The van der Waals surface area contributed by atoms with E-state index in [2.05, 4.69) is 6.58 Å². The van der Waals surface area contributed by atoms with Crippen molar-refractivity contribution in [3.63, 3.8) is 0 Å². The number of hydrogen-bond acceptors (Lipinski definition) is 7. The van der Waals surface area contributed by atoms with Crippen LogP contribution in [0.5, 0.6) is 17.2 Å². The van der Waals surface area contributed by atoms with E-state index >= 15 is 0 Å². The van der Waals surface area contributed by atoms with Gasteiger partial charge in [-0.2, -0.15) is 0 Å². The highest BCUT2D eigenvalue weighted by Crippen LogP contribution is 2.42. The first kappa shape index (κ1) is 23.7. The molecular weight excluding hydrogens is 450 g/mol. The fourth-order valence-electron chi connectivity index (χ4n) is 4.00. The highest BCUT2D eigenvalue weighted by Gasteiger charge is 2.46. The summed E-state index contributed by atoms with van der Waals surface area (Å²) < 4.78 is 21.7. The molecule has 1 aromatic heterocycles. The monoisotopic (exact) mass is 475 g/mol. The number of benzene rings is 2. The van der Waals surface area contributed by atoms with Gasteiger partial charge >= 0.3 is 0 Å². The number of methoxy groups -OCH3 is 2. The molecule has 1 amide bonds. The van der Waals surface area contributed by atoms with Gasteiger partial charge in [-0.05, 0) is 54.1 Å². The average molecular weight is 475 g/mol. The molecule has 0 aliphatic carbocycles. The van der Waals surface area contributed by atoms with Crippen LogP contribution in [0.3, 0.4) is 0 Å². The zero-order chi connectivity index (χ0) is 24.9. The van der Waals surface area contributed by atoms with Crippen LogP contribution in [-0.2, 0) is 16.1 Å². The van der Waals surface area contributed by atoms with Gasteiger partial charge in [-0.3, -0.25) is 9.59 Å². The Kier molecular flexibility index (Phi) is 6.91. The van der Waals surface area contributed by atoms with Crippen LogP contribution in [0, 0.1) is 0 Å². The predicted molar refractivity (Wildman–Crippen MR) is 128 cm³/mol. The number of aliphatic hydroxyl groups is 1. The second kappa shape index (κ2) is 10.2. The Morgan fingerprint density at radius 2 is 1.83 bits per heavy atom. The van der Waals surface area contributed by atoms with Gasteiger partial charge in [-0.25, -0.2) is 0 Å². The first-order chi connectivity index (χ1) is 17.0. The first-order valence-electron chi connectivity index (χ1n) is 10.8. The van der Waals surface area contributed by atoms with E-state index in [1.54, 1.807) is 60.7 Å². The number of rotatable bonds is 9. The molecule has 4 rings (SSSR count). The second-order valence-corrected chi connectivity index (χ2v) is 7.74. The van der Waals surface area contributed by atoms with Crippen LogP contribution in [0.2, 0.25) is 0 Å². The van der Waals surface area contributed by atoms with Crippen molar-refractivity contribution >= 4 is 17.4 Å². The molecule has 0 radical (unpaired) electrons. The molecule has 2 heterocycles. The van der Waals surface area contributed by atoms with Crippen LogP contribution in [0.1, 0.15) is 22.9 Å². The molecule has 180 valence electrons.